The second-order valence-electron chi connectivity index (χ2n) is 7.93. The van der Waals surface area contributed by atoms with Crippen LogP contribution in [0.1, 0.15) is 44.9 Å². The van der Waals surface area contributed by atoms with Crippen LogP contribution in [-0.4, -0.2) is 53.8 Å². The Hall–Kier alpha value is -3.45. The van der Waals surface area contributed by atoms with Gasteiger partial charge in [0.1, 0.15) is 18.4 Å². The van der Waals surface area contributed by atoms with Crippen LogP contribution in [0.5, 0.6) is 0 Å². The molecule has 2 aromatic heterocycles. The number of nitrogens with zero attached hydrogens (tertiary/aromatic N) is 2. The fraction of sp³-hybridized carbons (Fsp3) is 0.273. The van der Waals surface area contributed by atoms with Crippen LogP contribution >= 0.6 is 0 Å². The Morgan fingerprint density at radius 1 is 1.18 bits per heavy atom. The van der Waals surface area contributed by atoms with Crippen molar-refractivity contribution in [1.29, 1.82) is 0 Å². The molecule has 11 nitrogen and oxygen atoms in total. The van der Waals surface area contributed by atoms with Gasteiger partial charge in [0, 0.05) is 23.7 Å². The number of aliphatic hydroxyl groups excluding tert-OH is 1. The highest BCUT2D eigenvalue weighted by molar-refractivity contribution is 7.84. The van der Waals surface area contributed by atoms with Gasteiger partial charge in [0.15, 0.2) is 11.5 Å². The van der Waals surface area contributed by atoms with Crippen molar-refractivity contribution >= 4 is 27.7 Å². The average Bonchev–Trinajstić information content (AvgIpc) is 3.44. The molecule has 4 N–H and O–H groups in total. The van der Waals surface area contributed by atoms with Crippen molar-refractivity contribution in [2.45, 2.75) is 25.0 Å². The first-order valence-corrected chi connectivity index (χ1v) is 11.8. The topological polar surface area (TPSA) is 175 Å². The molecule has 1 aliphatic rings. The molecule has 1 saturated carbocycles. The number of carbonyl (C=O) groups is 2. The Morgan fingerprint density at radius 2 is 1.94 bits per heavy atom. The number of furan rings is 1. The number of nitrogens with two attached hydrogens (primary N) is 1. The van der Waals surface area contributed by atoms with E-state index in [9.17, 15) is 23.1 Å². The highest BCUT2D eigenvalue weighted by atomic mass is 32.2. The summed E-state index contributed by atoms with van der Waals surface area (Å²) in [6.45, 7) is -0.252. The second kappa shape index (κ2) is 9.81. The molecule has 0 bridgehead atoms. The third kappa shape index (κ3) is 5.54. The zero-order valence-corrected chi connectivity index (χ0v) is 18.6. The summed E-state index contributed by atoms with van der Waals surface area (Å²) >= 11 is 0. The molecule has 0 radical (unpaired) electrons. The fourth-order valence-electron chi connectivity index (χ4n) is 3.85. The third-order valence-corrected chi connectivity index (χ3v) is 5.99. The van der Waals surface area contributed by atoms with Crippen LogP contribution in [0, 0.1) is 5.92 Å². The Labute approximate surface area is 195 Å². The second-order valence-corrected chi connectivity index (χ2v) is 9.15. The van der Waals surface area contributed by atoms with Crippen molar-refractivity contribution in [3.05, 3.63) is 77.6 Å². The lowest BCUT2D eigenvalue weighted by Crippen LogP contribution is -2.24. The van der Waals surface area contributed by atoms with Crippen LogP contribution in [0.4, 0.5) is 5.82 Å². The summed E-state index contributed by atoms with van der Waals surface area (Å²) in [4.78, 5) is 33.7. The molecule has 3 aromatic rings. The molecule has 1 fully saturated rings. The summed E-state index contributed by atoms with van der Waals surface area (Å²) in [5, 5.41) is 18.2. The first-order chi connectivity index (χ1) is 16.2. The maximum atomic E-state index is 13.1. The maximum Gasteiger partial charge on any atom is 0.333 e. The van der Waals surface area contributed by atoms with Gasteiger partial charge < -0.3 is 14.8 Å². The zero-order chi connectivity index (χ0) is 24.3. The molecule has 1 aromatic carbocycles. The largest absolute Gasteiger partial charge is 0.460 e. The lowest BCUT2D eigenvalue weighted by atomic mass is 10.0. The van der Waals surface area contributed by atoms with Gasteiger partial charge in [-0.05, 0) is 18.9 Å². The van der Waals surface area contributed by atoms with E-state index in [2.05, 4.69) is 19.5 Å². The van der Waals surface area contributed by atoms with E-state index in [-0.39, 0.29) is 47.6 Å². The molecule has 3 atom stereocenters. The number of hydrogen-bond donors (Lipinski definition) is 3. The Morgan fingerprint density at radius 3 is 2.68 bits per heavy atom. The Kier molecular flexibility index (Phi) is 6.84. The number of anilines is 1. The van der Waals surface area contributed by atoms with Crippen LogP contribution in [0.3, 0.4) is 0 Å². The van der Waals surface area contributed by atoms with E-state index < -0.39 is 28.1 Å². The summed E-state index contributed by atoms with van der Waals surface area (Å²) in [7, 11) is -4.11. The van der Waals surface area contributed by atoms with Gasteiger partial charge in [0.25, 0.3) is 0 Å². The smallest absolute Gasteiger partial charge is 0.333 e. The zero-order valence-electron chi connectivity index (χ0n) is 17.8. The van der Waals surface area contributed by atoms with Gasteiger partial charge >= 0.3 is 10.3 Å². The number of nitrogens with one attached hydrogen (secondary N) is 1. The molecule has 0 amide bonds. The molecule has 0 spiro atoms. The fourth-order valence-corrected chi connectivity index (χ4v) is 4.21. The number of aliphatic hydroxyl groups is 1. The third-order valence-electron chi connectivity index (χ3n) is 5.52. The number of rotatable bonds is 9. The molecule has 1 aliphatic carbocycles. The predicted molar refractivity (Wildman–Crippen MR) is 119 cm³/mol. The number of ketones is 2. The van der Waals surface area contributed by atoms with Crippen LogP contribution in [0.25, 0.3) is 0 Å². The summed E-state index contributed by atoms with van der Waals surface area (Å²) in [6, 6.07) is 9.67. The van der Waals surface area contributed by atoms with Crippen molar-refractivity contribution in [2.75, 3.05) is 11.9 Å². The van der Waals surface area contributed by atoms with E-state index in [4.69, 9.17) is 9.56 Å². The molecule has 0 unspecified atom stereocenters. The van der Waals surface area contributed by atoms with Crippen LogP contribution in [0.15, 0.2) is 59.6 Å². The minimum Gasteiger partial charge on any atom is -0.460 e. The number of hydrogen-bond acceptors (Lipinski definition) is 10. The first kappa shape index (κ1) is 23.7. The predicted octanol–water partition coefficient (Wildman–Crippen LogP) is 1.30. The lowest BCUT2D eigenvalue weighted by molar-refractivity contribution is 0.100. The highest BCUT2D eigenvalue weighted by Crippen LogP contribution is 2.30. The van der Waals surface area contributed by atoms with Crippen LogP contribution in [-0.2, 0) is 14.5 Å². The minimum atomic E-state index is -4.11. The SMILES string of the molecule is NS(=O)(=O)OC[C@H]1C[C@@H](Nc2ncncc2C(=O)c2cc(C(=O)c3ccccc3)co2)C[C@@H]1O. The maximum absolute atomic E-state index is 13.1. The summed E-state index contributed by atoms with van der Waals surface area (Å²) in [6.07, 6.45) is 3.64. The van der Waals surface area contributed by atoms with E-state index >= 15 is 0 Å². The van der Waals surface area contributed by atoms with Gasteiger partial charge in [0.2, 0.25) is 5.78 Å². The van der Waals surface area contributed by atoms with Gasteiger partial charge in [-0.25, -0.2) is 15.1 Å². The standard InChI is InChI=1S/C22H22N4O7S/c23-34(30,31)33-11-14-6-16(8-18(14)27)26-22-17(9-24-12-25-22)21(29)19-7-15(10-32-19)20(28)13-4-2-1-3-5-13/h1-5,7,9-10,12,14,16,18,27H,6,8,11H2,(H2,23,30,31)(H,24,25,26)/t14-,16-,18+/m1/s1. The quantitative estimate of drug-likeness (QED) is 0.374. The summed E-state index contributed by atoms with van der Waals surface area (Å²) < 4.78 is 32.0. The van der Waals surface area contributed by atoms with E-state index in [1.165, 1.54) is 24.9 Å². The van der Waals surface area contributed by atoms with Crippen LogP contribution in [0.2, 0.25) is 0 Å². The molecule has 0 aliphatic heterocycles. The van der Waals surface area contributed by atoms with Gasteiger partial charge in [-0.15, -0.1) is 0 Å². The molecular formula is C22H22N4O7S. The van der Waals surface area contributed by atoms with Crippen molar-refractivity contribution in [2.24, 2.45) is 11.1 Å². The molecule has 2 heterocycles. The number of aromatic nitrogens is 2. The van der Waals surface area contributed by atoms with Gasteiger partial charge in [-0.1, -0.05) is 30.3 Å². The Balaban J connectivity index is 1.47. The van der Waals surface area contributed by atoms with E-state index in [1.54, 1.807) is 30.3 Å². The molecule has 12 heteroatoms. The van der Waals surface area contributed by atoms with E-state index in [0.717, 1.165) is 0 Å². The molecule has 178 valence electrons. The normalized spacial score (nSPS) is 20.2. The van der Waals surface area contributed by atoms with Gasteiger partial charge in [-0.2, -0.15) is 8.42 Å². The monoisotopic (exact) mass is 486 g/mol. The summed E-state index contributed by atoms with van der Waals surface area (Å²) in [5.41, 5.74) is 0.820. The summed E-state index contributed by atoms with van der Waals surface area (Å²) in [5.74, 6) is -1.10. The minimum absolute atomic E-state index is 0.0528. The number of benzene rings is 1. The van der Waals surface area contributed by atoms with E-state index in [1.807, 2.05) is 0 Å². The highest BCUT2D eigenvalue weighted by Gasteiger charge is 2.35. The Bertz CT molecular complexity index is 1290. The lowest BCUT2D eigenvalue weighted by Gasteiger charge is -2.15. The van der Waals surface area contributed by atoms with Gasteiger partial charge in [-0.3, -0.25) is 13.8 Å². The average molecular weight is 487 g/mol. The number of carbonyl (C=O) groups excluding carboxylic acids is 2. The molecular weight excluding hydrogens is 464 g/mol. The van der Waals surface area contributed by atoms with Crippen molar-refractivity contribution in [3.63, 3.8) is 0 Å². The molecule has 4 rings (SSSR count). The molecule has 34 heavy (non-hydrogen) atoms. The first-order valence-electron chi connectivity index (χ1n) is 10.4. The van der Waals surface area contributed by atoms with Crippen molar-refractivity contribution in [3.8, 4) is 0 Å². The van der Waals surface area contributed by atoms with Crippen molar-refractivity contribution in [1.82, 2.24) is 9.97 Å². The van der Waals surface area contributed by atoms with Crippen molar-refractivity contribution < 1.29 is 31.7 Å². The van der Waals surface area contributed by atoms with E-state index in [0.29, 0.717) is 12.0 Å². The van der Waals surface area contributed by atoms with Gasteiger partial charge in [0.05, 0.1) is 23.8 Å². The molecule has 0 saturated heterocycles. The van der Waals surface area contributed by atoms with Crippen LogP contribution < -0.4 is 10.5 Å².